The third kappa shape index (κ3) is 4.23. The number of ketones is 1. The Morgan fingerprint density at radius 2 is 2.04 bits per heavy atom. The van der Waals surface area contributed by atoms with E-state index in [0.717, 1.165) is 11.3 Å². The van der Waals surface area contributed by atoms with Crippen molar-refractivity contribution >= 4 is 11.7 Å². The molecule has 1 unspecified atom stereocenters. The van der Waals surface area contributed by atoms with Crippen LogP contribution in [0, 0.1) is 0 Å². The highest BCUT2D eigenvalue weighted by molar-refractivity contribution is 5.99. The van der Waals surface area contributed by atoms with Crippen LogP contribution in [0.25, 0.3) is 0 Å². The molecule has 1 aromatic carbocycles. The summed E-state index contributed by atoms with van der Waals surface area (Å²) < 4.78 is 5.26. The van der Waals surface area contributed by atoms with Gasteiger partial charge >= 0.3 is 0 Å². The third-order valence-electron chi connectivity index (χ3n) is 3.89. The molecule has 1 aromatic heterocycles. The number of hydrogen-bond acceptors (Lipinski definition) is 4. The van der Waals surface area contributed by atoms with Crippen LogP contribution < -0.4 is 10.1 Å². The second kappa shape index (κ2) is 7.79. The van der Waals surface area contributed by atoms with Crippen LogP contribution in [0.1, 0.15) is 39.4 Å². The van der Waals surface area contributed by atoms with Gasteiger partial charge in [0.15, 0.2) is 5.78 Å². The molecule has 1 atom stereocenters. The summed E-state index contributed by atoms with van der Waals surface area (Å²) in [6, 6.07) is 9.34. The topological polar surface area (TPSA) is 74.4 Å². The minimum atomic E-state index is -0.239. The van der Waals surface area contributed by atoms with Gasteiger partial charge in [0.05, 0.1) is 13.2 Å². The maximum Gasteiger partial charge on any atom is 0.267 e. The average molecular weight is 329 g/mol. The van der Waals surface area contributed by atoms with E-state index >= 15 is 0 Å². The molecule has 24 heavy (non-hydrogen) atoms. The Morgan fingerprint density at radius 3 is 2.62 bits per heavy atom. The zero-order chi connectivity index (χ0) is 17.7. The molecule has 2 aromatic rings. The highest BCUT2D eigenvalue weighted by atomic mass is 16.5. The van der Waals surface area contributed by atoms with Crippen LogP contribution in [0.3, 0.4) is 0 Å². The summed E-state index contributed by atoms with van der Waals surface area (Å²) in [6.07, 6.45) is 1.54. The van der Waals surface area contributed by atoms with Crippen molar-refractivity contribution in [1.82, 2.24) is 15.2 Å². The van der Waals surface area contributed by atoms with Crippen LogP contribution in [-0.4, -0.2) is 49.3 Å². The number of Topliss-reactive ketones (excluding diaryl/α,β-unsaturated/α-hetero) is 1. The van der Waals surface area contributed by atoms with Crippen molar-refractivity contribution < 1.29 is 14.3 Å². The van der Waals surface area contributed by atoms with Gasteiger partial charge < -0.3 is 19.9 Å². The standard InChI is InChI=1S/C18H23N3O3/c1-12(22)14-9-16(19-10-14)18(23)20-11-17(21(2)3)13-6-5-7-15(8-13)24-4/h5-10,17,19H,11H2,1-4H3,(H,20,23). The molecule has 0 radical (unpaired) electrons. The first-order chi connectivity index (χ1) is 11.4. The van der Waals surface area contributed by atoms with Gasteiger partial charge in [-0.2, -0.15) is 0 Å². The molecule has 0 aliphatic carbocycles. The summed E-state index contributed by atoms with van der Waals surface area (Å²) in [5.74, 6) is 0.464. The predicted molar refractivity (Wildman–Crippen MR) is 92.6 cm³/mol. The Bertz CT molecular complexity index is 722. The number of hydrogen-bond donors (Lipinski definition) is 2. The van der Waals surface area contributed by atoms with Gasteiger partial charge in [-0.1, -0.05) is 12.1 Å². The Morgan fingerprint density at radius 1 is 1.29 bits per heavy atom. The molecule has 0 spiro atoms. The molecule has 2 N–H and O–H groups in total. The van der Waals surface area contributed by atoms with Gasteiger partial charge in [-0.25, -0.2) is 0 Å². The van der Waals surface area contributed by atoms with Crippen LogP contribution in [0.4, 0.5) is 0 Å². The van der Waals surface area contributed by atoms with Crippen LogP contribution in [-0.2, 0) is 0 Å². The number of benzene rings is 1. The number of carbonyl (C=O) groups is 2. The number of methoxy groups -OCH3 is 1. The van der Waals surface area contributed by atoms with Gasteiger partial charge in [0.25, 0.3) is 5.91 Å². The number of H-pyrrole nitrogens is 1. The summed E-state index contributed by atoms with van der Waals surface area (Å²) in [6.45, 7) is 1.91. The van der Waals surface area contributed by atoms with Crippen molar-refractivity contribution in [2.45, 2.75) is 13.0 Å². The van der Waals surface area contributed by atoms with Crippen LogP contribution >= 0.6 is 0 Å². The number of ether oxygens (including phenoxy) is 1. The van der Waals surface area contributed by atoms with E-state index < -0.39 is 0 Å². The van der Waals surface area contributed by atoms with E-state index in [-0.39, 0.29) is 17.7 Å². The zero-order valence-electron chi connectivity index (χ0n) is 14.4. The molecule has 6 heteroatoms. The fraction of sp³-hybridized carbons (Fsp3) is 0.333. The fourth-order valence-electron chi connectivity index (χ4n) is 2.46. The lowest BCUT2D eigenvalue weighted by molar-refractivity contribution is 0.0937. The minimum Gasteiger partial charge on any atom is -0.497 e. The first-order valence-electron chi connectivity index (χ1n) is 7.70. The van der Waals surface area contributed by atoms with Crippen molar-refractivity contribution in [1.29, 1.82) is 0 Å². The van der Waals surface area contributed by atoms with E-state index in [4.69, 9.17) is 4.74 Å². The molecule has 0 saturated heterocycles. The van der Waals surface area contributed by atoms with Crippen molar-refractivity contribution in [3.05, 3.63) is 53.3 Å². The highest BCUT2D eigenvalue weighted by Crippen LogP contribution is 2.22. The van der Waals surface area contributed by atoms with Crippen molar-refractivity contribution in [2.24, 2.45) is 0 Å². The summed E-state index contributed by atoms with van der Waals surface area (Å²) in [5.41, 5.74) is 1.93. The second-order valence-electron chi connectivity index (χ2n) is 5.82. The normalized spacial score (nSPS) is 12.0. The molecule has 2 rings (SSSR count). The lowest BCUT2D eigenvalue weighted by atomic mass is 10.1. The van der Waals surface area contributed by atoms with Gasteiger partial charge in [0, 0.05) is 18.3 Å². The van der Waals surface area contributed by atoms with E-state index in [1.165, 1.54) is 6.92 Å². The van der Waals surface area contributed by atoms with Gasteiger partial charge in [-0.15, -0.1) is 0 Å². The van der Waals surface area contributed by atoms with Crippen molar-refractivity contribution in [3.8, 4) is 5.75 Å². The Kier molecular flexibility index (Phi) is 5.76. The first-order valence-corrected chi connectivity index (χ1v) is 7.70. The molecular weight excluding hydrogens is 306 g/mol. The molecule has 1 amide bonds. The quantitative estimate of drug-likeness (QED) is 0.764. The maximum absolute atomic E-state index is 12.3. The highest BCUT2D eigenvalue weighted by Gasteiger charge is 2.17. The summed E-state index contributed by atoms with van der Waals surface area (Å²) in [4.78, 5) is 28.4. The number of rotatable bonds is 7. The molecule has 0 bridgehead atoms. The maximum atomic E-state index is 12.3. The number of aromatic amines is 1. The van der Waals surface area contributed by atoms with Crippen molar-refractivity contribution in [2.75, 3.05) is 27.7 Å². The molecule has 0 fully saturated rings. The van der Waals surface area contributed by atoms with Gasteiger partial charge in [-0.3, -0.25) is 9.59 Å². The predicted octanol–water partition coefficient (Wildman–Crippen LogP) is 2.26. The van der Waals surface area contributed by atoms with Crippen LogP contribution in [0.15, 0.2) is 36.5 Å². The largest absolute Gasteiger partial charge is 0.497 e. The molecule has 0 aliphatic heterocycles. The average Bonchev–Trinajstić information content (AvgIpc) is 3.05. The van der Waals surface area contributed by atoms with E-state index in [2.05, 4.69) is 10.3 Å². The van der Waals surface area contributed by atoms with E-state index in [1.54, 1.807) is 19.4 Å². The van der Waals surface area contributed by atoms with Gasteiger partial charge in [-0.05, 0) is 44.8 Å². The van der Waals surface area contributed by atoms with E-state index in [0.29, 0.717) is 17.8 Å². The number of amides is 1. The van der Waals surface area contributed by atoms with E-state index in [1.807, 2.05) is 43.3 Å². The molecule has 0 saturated carbocycles. The SMILES string of the molecule is COc1cccc(C(CNC(=O)c2cc(C(C)=O)c[nH]2)N(C)C)c1. The number of nitrogens with zero attached hydrogens (tertiary/aromatic N) is 1. The van der Waals surface area contributed by atoms with E-state index in [9.17, 15) is 9.59 Å². The fourth-order valence-corrected chi connectivity index (χ4v) is 2.46. The Labute approximate surface area is 141 Å². The number of likely N-dealkylation sites (N-methyl/N-ethyl adjacent to an activating group) is 1. The molecule has 6 nitrogen and oxygen atoms in total. The summed E-state index contributed by atoms with van der Waals surface area (Å²) in [7, 11) is 5.54. The van der Waals surface area contributed by atoms with Crippen molar-refractivity contribution in [3.63, 3.8) is 0 Å². The third-order valence-corrected chi connectivity index (χ3v) is 3.89. The lowest BCUT2D eigenvalue weighted by Gasteiger charge is -2.25. The first kappa shape index (κ1) is 17.7. The minimum absolute atomic E-state index is 0.00582. The van der Waals surface area contributed by atoms with Gasteiger partial charge in [0.1, 0.15) is 11.4 Å². The smallest absolute Gasteiger partial charge is 0.267 e. The molecule has 1 heterocycles. The lowest BCUT2D eigenvalue weighted by Crippen LogP contribution is -2.34. The van der Waals surface area contributed by atoms with Crippen LogP contribution in [0.5, 0.6) is 5.75 Å². The Hall–Kier alpha value is -2.60. The molecular formula is C18H23N3O3. The van der Waals surface area contributed by atoms with Gasteiger partial charge in [0.2, 0.25) is 0 Å². The monoisotopic (exact) mass is 329 g/mol. The summed E-state index contributed by atoms with van der Waals surface area (Å²) >= 11 is 0. The molecule has 0 aliphatic rings. The summed E-state index contributed by atoms with van der Waals surface area (Å²) in [5, 5.41) is 2.90. The number of nitrogens with one attached hydrogen (secondary N) is 2. The molecule has 128 valence electrons. The number of aromatic nitrogens is 1. The Balaban J connectivity index is 2.07. The number of carbonyl (C=O) groups excluding carboxylic acids is 2. The second-order valence-corrected chi connectivity index (χ2v) is 5.82. The van der Waals surface area contributed by atoms with Crippen LogP contribution in [0.2, 0.25) is 0 Å². The zero-order valence-corrected chi connectivity index (χ0v) is 14.4.